The van der Waals surface area contributed by atoms with Gasteiger partial charge in [-0.25, -0.2) is 0 Å². The Morgan fingerprint density at radius 2 is 1.38 bits per heavy atom. The Bertz CT molecular complexity index is 2510. The molecular formula is C45H33N5. The second-order valence-corrected chi connectivity index (χ2v) is 13.5. The predicted octanol–water partition coefficient (Wildman–Crippen LogP) is 10.2. The van der Waals surface area contributed by atoms with Crippen molar-refractivity contribution in [3.63, 3.8) is 0 Å². The van der Waals surface area contributed by atoms with E-state index in [0.717, 1.165) is 88.6 Å². The molecule has 0 amide bonds. The van der Waals surface area contributed by atoms with Gasteiger partial charge in [0.2, 0.25) is 0 Å². The van der Waals surface area contributed by atoms with Gasteiger partial charge in [0.1, 0.15) is 6.07 Å². The summed E-state index contributed by atoms with van der Waals surface area (Å²) in [5.41, 5.74) is 15.8. The van der Waals surface area contributed by atoms with Crippen LogP contribution in [0.5, 0.6) is 0 Å². The summed E-state index contributed by atoms with van der Waals surface area (Å²) in [6, 6.07) is 27.9. The Balaban J connectivity index is 1.18. The highest BCUT2D eigenvalue weighted by atomic mass is 15.0. The third-order valence-electron chi connectivity index (χ3n) is 10.7. The zero-order chi connectivity index (χ0) is 33.8. The molecule has 5 aromatic rings. The van der Waals surface area contributed by atoms with Crippen molar-refractivity contribution < 1.29 is 0 Å². The summed E-state index contributed by atoms with van der Waals surface area (Å²) in [5.74, 6) is -0.268. The lowest BCUT2D eigenvalue weighted by Gasteiger charge is -2.26. The van der Waals surface area contributed by atoms with Gasteiger partial charge in [-0.05, 0) is 121 Å². The first-order valence-electron chi connectivity index (χ1n) is 17.5. The van der Waals surface area contributed by atoms with Crippen molar-refractivity contribution in [2.75, 3.05) is 0 Å². The van der Waals surface area contributed by atoms with Crippen LogP contribution in [0.4, 0.5) is 0 Å². The van der Waals surface area contributed by atoms with Gasteiger partial charge < -0.3 is 9.13 Å². The highest BCUT2D eigenvalue weighted by Gasteiger charge is 2.30. The molecule has 5 heteroatoms. The van der Waals surface area contributed by atoms with E-state index in [2.05, 4.69) is 112 Å². The number of aromatic nitrogens is 2. The maximum absolute atomic E-state index is 10.5. The number of nitriles is 3. The van der Waals surface area contributed by atoms with Crippen molar-refractivity contribution in [1.29, 1.82) is 15.8 Å². The zero-order valence-corrected chi connectivity index (χ0v) is 27.7. The molecule has 0 fully saturated rings. The minimum Gasteiger partial charge on any atom is -0.312 e. The summed E-state index contributed by atoms with van der Waals surface area (Å²) >= 11 is 0. The van der Waals surface area contributed by atoms with Crippen molar-refractivity contribution >= 4 is 40.4 Å². The van der Waals surface area contributed by atoms with Crippen molar-refractivity contribution in [3.05, 3.63) is 142 Å². The van der Waals surface area contributed by atoms with Crippen LogP contribution in [0.3, 0.4) is 0 Å². The van der Waals surface area contributed by atoms with E-state index >= 15 is 0 Å². The molecule has 4 aliphatic rings. The van der Waals surface area contributed by atoms with Crippen molar-refractivity contribution in [3.8, 4) is 35.0 Å². The van der Waals surface area contributed by atoms with E-state index in [1.54, 1.807) is 0 Å². The first-order valence-corrected chi connectivity index (χ1v) is 17.5. The summed E-state index contributed by atoms with van der Waals surface area (Å²) in [6.45, 7) is 0. The topological polar surface area (TPSA) is 81.2 Å². The van der Waals surface area contributed by atoms with E-state index < -0.39 is 0 Å². The molecule has 4 aliphatic carbocycles. The Morgan fingerprint density at radius 3 is 2.14 bits per heavy atom. The third-order valence-corrected chi connectivity index (χ3v) is 10.7. The molecule has 50 heavy (non-hydrogen) atoms. The van der Waals surface area contributed by atoms with E-state index in [1.165, 1.54) is 28.2 Å². The number of rotatable bonds is 4. The molecule has 1 atom stereocenters. The first kappa shape index (κ1) is 29.8. The lowest BCUT2D eigenvalue weighted by atomic mass is 9.87. The number of hydrogen-bond acceptors (Lipinski definition) is 3. The number of benzene rings is 3. The first-order chi connectivity index (χ1) is 24.7. The van der Waals surface area contributed by atoms with Gasteiger partial charge in [-0.2, -0.15) is 15.8 Å². The lowest BCUT2D eigenvalue weighted by Crippen LogP contribution is -2.15. The quantitative estimate of drug-likeness (QED) is 0.195. The standard InChI is InChI=1S/C45H33N5/c46-26-29-19-21-44-39(23-29)38-14-3-4-16-41(38)49(44)40-22-20-31(25-34(40)28-48)30-9-7-10-32(24-30)35-15-8-11-33(27-47)45(35)50-42-17-5-1-12-36(42)37-13-2-6-18-43(37)50/h3,5-10,14-15,17-25,33H,1-2,4,11-13,16H2. The van der Waals surface area contributed by atoms with Crippen molar-refractivity contribution in [1.82, 2.24) is 9.13 Å². The third kappa shape index (κ3) is 4.58. The Morgan fingerprint density at radius 1 is 0.640 bits per heavy atom. The maximum atomic E-state index is 10.5. The van der Waals surface area contributed by atoms with Gasteiger partial charge in [-0.15, -0.1) is 0 Å². The van der Waals surface area contributed by atoms with Gasteiger partial charge in [0, 0.05) is 39.3 Å². The van der Waals surface area contributed by atoms with Crippen LogP contribution < -0.4 is 0 Å². The van der Waals surface area contributed by atoms with Gasteiger partial charge in [0.15, 0.2) is 0 Å². The molecule has 1 unspecified atom stereocenters. The van der Waals surface area contributed by atoms with E-state index in [9.17, 15) is 15.8 Å². The predicted molar refractivity (Wildman–Crippen MR) is 201 cm³/mol. The van der Waals surface area contributed by atoms with Crippen LogP contribution in [0.1, 0.15) is 76.1 Å². The molecule has 0 spiro atoms. The van der Waals surface area contributed by atoms with Gasteiger partial charge in [0.25, 0.3) is 0 Å². The van der Waals surface area contributed by atoms with Crippen LogP contribution >= 0.6 is 0 Å². The molecule has 0 saturated heterocycles. The average Bonchev–Trinajstić information content (AvgIpc) is 3.69. The largest absolute Gasteiger partial charge is 0.312 e. The summed E-state index contributed by atoms with van der Waals surface area (Å²) in [6.07, 6.45) is 24.3. The fourth-order valence-corrected chi connectivity index (χ4v) is 8.50. The van der Waals surface area contributed by atoms with E-state index in [-0.39, 0.29) is 5.92 Å². The van der Waals surface area contributed by atoms with E-state index in [0.29, 0.717) is 17.5 Å². The van der Waals surface area contributed by atoms with Crippen LogP contribution in [0.25, 0.3) is 57.2 Å². The summed E-state index contributed by atoms with van der Waals surface area (Å²) < 4.78 is 4.59. The molecule has 238 valence electrons. The molecule has 0 aliphatic heterocycles. The summed E-state index contributed by atoms with van der Waals surface area (Å²) in [7, 11) is 0. The highest BCUT2D eigenvalue weighted by Crippen LogP contribution is 2.43. The highest BCUT2D eigenvalue weighted by molar-refractivity contribution is 5.96. The molecule has 3 aromatic carbocycles. The molecule has 9 rings (SSSR count). The molecular weight excluding hydrogens is 611 g/mol. The monoisotopic (exact) mass is 643 g/mol. The SMILES string of the molecule is N#Cc1ccc2c(c1)c1c(n2-c2ccc(-c3cccc(C4=C(n5c6c(c7c5C=CCC7)CCC=C6)C(C#N)CC=C4)c3)cc2C#N)CCC=C1. The van der Waals surface area contributed by atoms with Gasteiger partial charge in [0.05, 0.1) is 40.4 Å². The average molecular weight is 644 g/mol. The molecule has 5 nitrogen and oxygen atoms in total. The Kier molecular flexibility index (Phi) is 7.12. The molecule has 0 bridgehead atoms. The smallest absolute Gasteiger partial charge is 0.101 e. The molecule has 2 aromatic heterocycles. The van der Waals surface area contributed by atoms with Crippen LogP contribution in [-0.4, -0.2) is 9.13 Å². The summed E-state index contributed by atoms with van der Waals surface area (Å²) in [5, 5.41) is 31.6. The minimum absolute atomic E-state index is 0.268. The van der Waals surface area contributed by atoms with E-state index in [4.69, 9.17) is 0 Å². The zero-order valence-electron chi connectivity index (χ0n) is 27.7. The number of fused-ring (bicyclic) bond motifs is 6. The van der Waals surface area contributed by atoms with Crippen molar-refractivity contribution in [2.24, 2.45) is 5.92 Å². The fourth-order valence-electron chi connectivity index (χ4n) is 8.50. The van der Waals surface area contributed by atoms with Gasteiger partial charge in [-0.3, -0.25) is 0 Å². The van der Waals surface area contributed by atoms with E-state index in [1.807, 2.05) is 24.3 Å². The fraction of sp³-hybridized carbons (Fsp3) is 0.178. The van der Waals surface area contributed by atoms with Crippen molar-refractivity contribution in [2.45, 2.75) is 44.9 Å². The molecule has 2 heterocycles. The molecule has 0 radical (unpaired) electrons. The second kappa shape index (κ2) is 12.0. The van der Waals surface area contributed by atoms with Crippen LogP contribution in [0, 0.1) is 39.9 Å². The normalized spacial score (nSPS) is 17.2. The van der Waals surface area contributed by atoms with Gasteiger partial charge in [-0.1, -0.05) is 60.7 Å². The van der Waals surface area contributed by atoms with Gasteiger partial charge >= 0.3 is 0 Å². The van der Waals surface area contributed by atoms with Crippen LogP contribution in [-0.2, 0) is 19.3 Å². The minimum atomic E-state index is -0.268. The van der Waals surface area contributed by atoms with Crippen LogP contribution in [0.15, 0.2) is 91.0 Å². The maximum Gasteiger partial charge on any atom is 0.101 e. The Hall–Kier alpha value is -6.35. The van der Waals surface area contributed by atoms with Crippen LogP contribution in [0.2, 0.25) is 0 Å². The number of hydrogen-bond donors (Lipinski definition) is 0. The second-order valence-electron chi connectivity index (χ2n) is 13.5. The Labute approximate surface area is 291 Å². The lowest BCUT2D eigenvalue weighted by molar-refractivity contribution is 0.793. The number of nitrogens with zero attached hydrogens (tertiary/aromatic N) is 5. The number of allylic oxidation sites excluding steroid dienone is 7. The summed E-state index contributed by atoms with van der Waals surface area (Å²) in [4.78, 5) is 0. The molecule has 0 N–H and O–H groups in total. The molecule has 0 saturated carbocycles.